The molecule has 22 heavy (non-hydrogen) atoms. The Morgan fingerprint density at radius 2 is 2.41 bits per heavy atom. The highest BCUT2D eigenvalue weighted by Crippen LogP contribution is 2.22. The summed E-state index contributed by atoms with van der Waals surface area (Å²) in [5.74, 6) is 1.02. The van der Waals surface area contributed by atoms with Crippen molar-refractivity contribution in [2.75, 3.05) is 11.1 Å². The topological polar surface area (TPSA) is 69.8 Å². The SMILES string of the molecule is CCSc1cccc(NC(=O)N[C@H]2CCc3[nH]ncc3C2)c1. The predicted octanol–water partition coefficient (Wildman–Crippen LogP) is 3.20. The number of amides is 2. The molecule has 0 saturated heterocycles. The molecule has 2 aromatic rings. The van der Waals surface area contributed by atoms with Crippen molar-refractivity contribution >= 4 is 23.5 Å². The number of thioether (sulfide) groups is 1. The van der Waals surface area contributed by atoms with Gasteiger partial charge in [0, 0.05) is 22.3 Å². The van der Waals surface area contributed by atoms with Crippen LogP contribution < -0.4 is 10.6 Å². The molecule has 116 valence electrons. The van der Waals surface area contributed by atoms with Crippen LogP contribution in [0.5, 0.6) is 0 Å². The molecule has 6 heteroatoms. The van der Waals surface area contributed by atoms with Crippen molar-refractivity contribution in [1.82, 2.24) is 15.5 Å². The minimum atomic E-state index is -0.143. The summed E-state index contributed by atoms with van der Waals surface area (Å²) in [7, 11) is 0. The molecule has 0 saturated carbocycles. The maximum atomic E-state index is 12.1. The van der Waals surface area contributed by atoms with Gasteiger partial charge in [-0.2, -0.15) is 5.10 Å². The van der Waals surface area contributed by atoms with Crippen LogP contribution in [0.15, 0.2) is 35.4 Å². The summed E-state index contributed by atoms with van der Waals surface area (Å²) in [5, 5.41) is 13.0. The molecule has 2 amide bonds. The second kappa shape index (κ2) is 6.87. The zero-order chi connectivity index (χ0) is 15.4. The van der Waals surface area contributed by atoms with E-state index in [1.807, 2.05) is 24.4 Å². The molecule has 0 fully saturated rings. The first-order chi connectivity index (χ1) is 10.7. The van der Waals surface area contributed by atoms with Gasteiger partial charge in [-0.3, -0.25) is 5.10 Å². The van der Waals surface area contributed by atoms with Crippen molar-refractivity contribution in [3.8, 4) is 0 Å². The third-order valence-electron chi connectivity index (χ3n) is 3.75. The summed E-state index contributed by atoms with van der Waals surface area (Å²) in [6, 6.07) is 7.95. The summed E-state index contributed by atoms with van der Waals surface area (Å²) in [5.41, 5.74) is 3.23. The van der Waals surface area contributed by atoms with Gasteiger partial charge in [-0.1, -0.05) is 13.0 Å². The van der Waals surface area contributed by atoms with Gasteiger partial charge in [-0.25, -0.2) is 4.79 Å². The minimum absolute atomic E-state index is 0.143. The Bertz CT molecular complexity index is 655. The van der Waals surface area contributed by atoms with Crippen LogP contribution >= 0.6 is 11.8 Å². The lowest BCUT2D eigenvalue weighted by Gasteiger charge is -2.23. The quantitative estimate of drug-likeness (QED) is 0.759. The molecule has 0 aliphatic heterocycles. The number of fused-ring (bicyclic) bond motifs is 1. The van der Waals surface area contributed by atoms with Gasteiger partial charge in [0.15, 0.2) is 0 Å². The van der Waals surface area contributed by atoms with Crippen molar-refractivity contribution < 1.29 is 4.79 Å². The van der Waals surface area contributed by atoms with E-state index >= 15 is 0 Å². The number of urea groups is 1. The Balaban J connectivity index is 1.56. The Kier molecular flexibility index (Phi) is 4.68. The number of hydrogen-bond donors (Lipinski definition) is 3. The lowest BCUT2D eigenvalue weighted by Crippen LogP contribution is -2.41. The van der Waals surface area contributed by atoms with Crippen LogP contribution in [-0.4, -0.2) is 28.0 Å². The number of aromatic amines is 1. The summed E-state index contributed by atoms with van der Waals surface area (Å²) in [4.78, 5) is 13.3. The number of benzene rings is 1. The number of H-pyrrole nitrogens is 1. The number of nitrogens with one attached hydrogen (secondary N) is 3. The van der Waals surface area contributed by atoms with Crippen LogP contribution in [0.25, 0.3) is 0 Å². The highest BCUT2D eigenvalue weighted by molar-refractivity contribution is 7.99. The normalized spacial score (nSPS) is 16.9. The smallest absolute Gasteiger partial charge is 0.319 e. The number of nitrogens with zero attached hydrogens (tertiary/aromatic N) is 1. The number of anilines is 1. The molecule has 5 nitrogen and oxygen atoms in total. The van der Waals surface area contributed by atoms with Gasteiger partial charge in [0.05, 0.1) is 6.20 Å². The molecule has 1 heterocycles. The third-order valence-corrected chi connectivity index (χ3v) is 4.63. The standard InChI is InChI=1S/C16H20N4OS/c1-2-22-14-5-3-4-12(9-14)18-16(21)19-13-6-7-15-11(8-13)10-17-20-15/h3-5,9-10,13H,2,6-8H2,1H3,(H,17,20)(H2,18,19,21)/t13-/m0/s1. The Morgan fingerprint density at radius 3 is 3.27 bits per heavy atom. The number of carbonyl (C=O) groups is 1. The number of aryl methyl sites for hydroxylation is 1. The monoisotopic (exact) mass is 316 g/mol. The molecule has 1 aromatic heterocycles. The zero-order valence-electron chi connectivity index (χ0n) is 12.6. The molecular formula is C16H20N4OS. The van der Waals surface area contributed by atoms with E-state index in [9.17, 15) is 4.79 Å². The van der Waals surface area contributed by atoms with Gasteiger partial charge < -0.3 is 10.6 Å². The van der Waals surface area contributed by atoms with Crippen LogP contribution in [0, 0.1) is 0 Å². The van der Waals surface area contributed by atoms with Gasteiger partial charge in [0.2, 0.25) is 0 Å². The van der Waals surface area contributed by atoms with Gasteiger partial charge in [-0.05, 0) is 48.8 Å². The Labute approximate surface area is 134 Å². The number of carbonyl (C=O) groups excluding carboxylic acids is 1. The fourth-order valence-electron chi connectivity index (χ4n) is 2.72. The maximum Gasteiger partial charge on any atom is 0.319 e. The lowest BCUT2D eigenvalue weighted by atomic mass is 9.94. The predicted molar refractivity (Wildman–Crippen MR) is 89.4 cm³/mol. The minimum Gasteiger partial charge on any atom is -0.335 e. The van der Waals surface area contributed by atoms with Gasteiger partial charge in [-0.15, -0.1) is 11.8 Å². The molecule has 0 unspecified atom stereocenters. The summed E-state index contributed by atoms with van der Waals surface area (Å²) in [6.07, 6.45) is 4.56. The molecule has 0 radical (unpaired) electrons. The van der Waals surface area contributed by atoms with Crippen molar-refractivity contribution in [2.24, 2.45) is 0 Å². The highest BCUT2D eigenvalue weighted by atomic mass is 32.2. The van der Waals surface area contributed by atoms with Crippen molar-refractivity contribution in [3.63, 3.8) is 0 Å². The average Bonchev–Trinajstić information content (AvgIpc) is 2.95. The van der Waals surface area contributed by atoms with Crippen LogP contribution in [0.3, 0.4) is 0 Å². The first-order valence-electron chi connectivity index (χ1n) is 7.56. The Morgan fingerprint density at radius 1 is 1.50 bits per heavy atom. The van der Waals surface area contributed by atoms with Gasteiger partial charge >= 0.3 is 6.03 Å². The first-order valence-corrected chi connectivity index (χ1v) is 8.54. The molecule has 0 bridgehead atoms. The van der Waals surface area contributed by atoms with E-state index in [2.05, 4.69) is 33.8 Å². The number of rotatable bonds is 4. The molecule has 1 aliphatic carbocycles. The molecule has 3 N–H and O–H groups in total. The fraction of sp³-hybridized carbons (Fsp3) is 0.375. The van der Waals surface area contributed by atoms with Crippen LogP contribution in [0.1, 0.15) is 24.6 Å². The molecule has 1 atom stereocenters. The molecule has 1 aromatic carbocycles. The van der Waals surface area contributed by atoms with Crippen LogP contribution in [-0.2, 0) is 12.8 Å². The van der Waals surface area contributed by atoms with Crippen LogP contribution in [0.2, 0.25) is 0 Å². The van der Waals surface area contributed by atoms with E-state index in [-0.39, 0.29) is 12.1 Å². The van der Waals surface area contributed by atoms with Crippen molar-refractivity contribution in [1.29, 1.82) is 0 Å². The average molecular weight is 316 g/mol. The van der Waals surface area contributed by atoms with E-state index < -0.39 is 0 Å². The number of hydrogen-bond acceptors (Lipinski definition) is 3. The third kappa shape index (κ3) is 3.62. The maximum absolute atomic E-state index is 12.1. The zero-order valence-corrected chi connectivity index (χ0v) is 13.4. The first kappa shape index (κ1) is 15.0. The number of aromatic nitrogens is 2. The van der Waals surface area contributed by atoms with Gasteiger partial charge in [0.1, 0.15) is 0 Å². The summed E-state index contributed by atoms with van der Waals surface area (Å²) in [6.45, 7) is 2.12. The largest absolute Gasteiger partial charge is 0.335 e. The van der Waals surface area contributed by atoms with Gasteiger partial charge in [0.25, 0.3) is 0 Å². The van der Waals surface area contributed by atoms with E-state index in [1.165, 1.54) is 16.2 Å². The van der Waals surface area contributed by atoms with E-state index in [4.69, 9.17) is 0 Å². The van der Waals surface area contributed by atoms with E-state index in [0.717, 1.165) is 30.7 Å². The van der Waals surface area contributed by atoms with E-state index in [0.29, 0.717) is 0 Å². The second-order valence-electron chi connectivity index (χ2n) is 5.37. The molecule has 1 aliphatic rings. The second-order valence-corrected chi connectivity index (χ2v) is 6.71. The Hall–Kier alpha value is -1.95. The molecular weight excluding hydrogens is 296 g/mol. The fourth-order valence-corrected chi connectivity index (χ4v) is 3.44. The summed E-state index contributed by atoms with van der Waals surface area (Å²) < 4.78 is 0. The van der Waals surface area contributed by atoms with Crippen molar-refractivity contribution in [3.05, 3.63) is 41.7 Å². The lowest BCUT2D eigenvalue weighted by molar-refractivity contribution is 0.247. The molecule has 3 rings (SSSR count). The summed E-state index contributed by atoms with van der Waals surface area (Å²) >= 11 is 1.76. The van der Waals surface area contributed by atoms with Crippen molar-refractivity contribution in [2.45, 2.75) is 37.1 Å². The van der Waals surface area contributed by atoms with E-state index in [1.54, 1.807) is 11.8 Å². The molecule has 0 spiro atoms. The van der Waals surface area contributed by atoms with Crippen LogP contribution in [0.4, 0.5) is 10.5 Å². The highest BCUT2D eigenvalue weighted by Gasteiger charge is 2.21.